The summed E-state index contributed by atoms with van der Waals surface area (Å²) in [7, 11) is -2.52. The molecule has 2 amide bonds. The van der Waals surface area contributed by atoms with Crippen molar-refractivity contribution in [2.24, 2.45) is 0 Å². The van der Waals surface area contributed by atoms with Gasteiger partial charge in [0.2, 0.25) is 11.8 Å². The quantitative estimate of drug-likeness (QED) is 0.299. The van der Waals surface area contributed by atoms with Crippen molar-refractivity contribution in [3.8, 4) is 5.75 Å². The molecule has 0 bridgehead atoms. The molecule has 0 unspecified atom stereocenters. The fourth-order valence-corrected chi connectivity index (χ4v) is 5.60. The lowest BCUT2D eigenvalue weighted by Crippen LogP contribution is -2.51. The van der Waals surface area contributed by atoms with E-state index in [0.29, 0.717) is 18.0 Å². The van der Waals surface area contributed by atoms with Crippen LogP contribution in [0, 0.1) is 13.8 Å². The molecule has 214 valence electrons. The van der Waals surface area contributed by atoms with E-state index < -0.39 is 28.5 Å². The minimum absolute atomic E-state index is 0.0828. The van der Waals surface area contributed by atoms with Crippen LogP contribution in [0.15, 0.2) is 77.7 Å². The molecule has 1 atom stereocenters. The zero-order chi connectivity index (χ0) is 29.3. The molecule has 0 fully saturated rings. The molecule has 3 aromatic rings. The highest BCUT2D eigenvalue weighted by Gasteiger charge is 2.32. The molecule has 0 saturated heterocycles. The first kappa shape index (κ1) is 30.7. The Hall–Kier alpha value is -3.85. The van der Waals surface area contributed by atoms with Crippen LogP contribution in [0.3, 0.4) is 0 Å². The van der Waals surface area contributed by atoms with Crippen LogP contribution in [0.25, 0.3) is 0 Å². The summed E-state index contributed by atoms with van der Waals surface area (Å²) < 4.78 is 34.1. The number of carbonyl (C=O) groups is 2. The Kier molecular flexibility index (Phi) is 10.7. The van der Waals surface area contributed by atoms with Crippen LogP contribution in [0.1, 0.15) is 43.4 Å². The topological polar surface area (TPSA) is 96.0 Å². The van der Waals surface area contributed by atoms with Crippen molar-refractivity contribution in [1.82, 2.24) is 10.2 Å². The van der Waals surface area contributed by atoms with Gasteiger partial charge in [0.25, 0.3) is 10.0 Å². The molecule has 0 spiro atoms. The van der Waals surface area contributed by atoms with Gasteiger partial charge < -0.3 is 15.0 Å². The second-order valence-electron chi connectivity index (χ2n) is 9.85. The van der Waals surface area contributed by atoms with Crippen molar-refractivity contribution in [3.63, 3.8) is 0 Å². The van der Waals surface area contributed by atoms with Crippen molar-refractivity contribution in [3.05, 3.63) is 89.5 Å². The summed E-state index contributed by atoms with van der Waals surface area (Å²) in [5, 5.41) is 2.89. The van der Waals surface area contributed by atoms with Crippen LogP contribution in [-0.2, 0) is 26.2 Å². The average molecular weight is 566 g/mol. The predicted molar refractivity (Wildman–Crippen MR) is 158 cm³/mol. The molecule has 0 radical (unpaired) electrons. The number of nitrogens with one attached hydrogen (secondary N) is 1. The SMILES string of the molecule is CCCCNC(=O)[C@H](C)N(Cc1ccc(OC)cc1)C(=O)CN(c1cccc(C)c1)S(=O)(=O)c1ccc(C)cc1. The Morgan fingerprint density at radius 1 is 0.950 bits per heavy atom. The standard InChI is InChI=1S/C31H39N3O5S/c1-6-7-19-32-31(36)25(4)33(21-26-13-15-28(39-5)16-14-26)30(35)22-34(27-10-8-9-24(3)20-27)40(37,38)29-17-11-23(2)12-18-29/h8-18,20,25H,6-7,19,21-22H2,1-5H3,(H,32,36)/t25-/m0/s1. The molecule has 0 aromatic heterocycles. The molecule has 0 saturated carbocycles. The minimum Gasteiger partial charge on any atom is -0.497 e. The van der Waals surface area contributed by atoms with E-state index in [1.54, 1.807) is 56.5 Å². The van der Waals surface area contributed by atoms with Gasteiger partial charge in [-0.15, -0.1) is 0 Å². The second-order valence-corrected chi connectivity index (χ2v) is 11.7. The molecule has 0 aliphatic carbocycles. The van der Waals surface area contributed by atoms with Crippen LogP contribution in [0.2, 0.25) is 0 Å². The number of hydrogen-bond acceptors (Lipinski definition) is 5. The number of benzene rings is 3. The number of nitrogens with zero attached hydrogens (tertiary/aromatic N) is 2. The monoisotopic (exact) mass is 565 g/mol. The summed E-state index contributed by atoms with van der Waals surface area (Å²) in [6, 6.07) is 19.9. The van der Waals surface area contributed by atoms with E-state index in [1.807, 2.05) is 39.0 Å². The van der Waals surface area contributed by atoms with Crippen molar-refractivity contribution >= 4 is 27.5 Å². The summed E-state index contributed by atoms with van der Waals surface area (Å²) in [5.41, 5.74) is 2.93. The zero-order valence-corrected chi connectivity index (χ0v) is 24.7. The molecular formula is C31H39N3O5S. The first-order valence-electron chi connectivity index (χ1n) is 13.4. The number of methoxy groups -OCH3 is 1. The van der Waals surface area contributed by atoms with E-state index in [0.717, 1.165) is 33.8 Å². The van der Waals surface area contributed by atoms with Crippen LogP contribution >= 0.6 is 0 Å². The maximum atomic E-state index is 14.0. The maximum Gasteiger partial charge on any atom is 0.264 e. The Bertz CT molecular complexity index is 1390. The molecular weight excluding hydrogens is 526 g/mol. The number of ether oxygens (including phenoxy) is 1. The molecule has 3 aromatic carbocycles. The summed E-state index contributed by atoms with van der Waals surface area (Å²) >= 11 is 0. The summed E-state index contributed by atoms with van der Waals surface area (Å²) in [6.45, 7) is 7.59. The number of anilines is 1. The molecule has 8 nitrogen and oxygen atoms in total. The molecule has 9 heteroatoms. The Morgan fingerprint density at radius 3 is 2.23 bits per heavy atom. The fraction of sp³-hybridized carbons (Fsp3) is 0.355. The highest BCUT2D eigenvalue weighted by Crippen LogP contribution is 2.26. The summed E-state index contributed by atoms with van der Waals surface area (Å²) in [5.74, 6) is -0.119. The first-order chi connectivity index (χ1) is 19.1. The fourth-order valence-electron chi connectivity index (χ4n) is 4.20. The third-order valence-corrected chi connectivity index (χ3v) is 8.47. The number of unbranched alkanes of at least 4 members (excludes halogenated alkanes) is 1. The van der Waals surface area contributed by atoms with Gasteiger partial charge in [-0.05, 0) is 74.7 Å². The van der Waals surface area contributed by atoms with Crippen molar-refractivity contribution in [2.45, 2.75) is 58.0 Å². The van der Waals surface area contributed by atoms with Gasteiger partial charge in [0.1, 0.15) is 18.3 Å². The third kappa shape index (κ3) is 7.85. The van der Waals surface area contributed by atoms with E-state index in [9.17, 15) is 18.0 Å². The van der Waals surface area contributed by atoms with Crippen molar-refractivity contribution < 1.29 is 22.7 Å². The molecule has 0 aliphatic rings. The second kappa shape index (κ2) is 14.0. The van der Waals surface area contributed by atoms with Gasteiger partial charge >= 0.3 is 0 Å². The molecule has 3 rings (SSSR count). The summed E-state index contributed by atoms with van der Waals surface area (Å²) in [4.78, 5) is 28.5. The van der Waals surface area contributed by atoms with E-state index in [-0.39, 0.29) is 17.3 Å². The van der Waals surface area contributed by atoms with Gasteiger partial charge in [0, 0.05) is 13.1 Å². The van der Waals surface area contributed by atoms with E-state index in [4.69, 9.17) is 4.74 Å². The van der Waals surface area contributed by atoms with Gasteiger partial charge in [0.15, 0.2) is 0 Å². The average Bonchev–Trinajstić information content (AvgIpc) is 2.94. The lowest BCUT2D eigenvalue weighted by Gasteiger charge is -2.32. The predicted octanol–water partition coefficient (Wildman–Crippen LogP) is 4.84. The van der Waals surface area contributed by atoms with E-state index >= 15 is 0 Å². The largest absolute Gasteiger partial charge is 0.497 e. The van der Waals surface area contributed by atoms with Crippen LogP contribution in [-0.4, -0.2) is 51.4 Å². The highest BCUT2D eigenvalue weighted by atomic mass is 32.2. The number of rotatable bonds is 13. The van der Waals surface area contributed by atoms with Crippen LogP contribution in [0.4, 0.5) is 5.69 Å². The first-order valence-corrected chi connectivity index (χ1v) is 14.9. The normalized spacial score (nSPS) is 11.9. The molecule has 1 N–H and O–H groups in total. The highest BCUT2D eigenvalue weighted by molar-refractivity contribution is 7.92. The Morgan fingerprint density at radius 2 is 1.62 bits per heavy atom. The maximum absolute atomic E-state index is 14.0. The van der Waals surface area contributed by atoms with Gasteiger partial charge in [-0.3, -0.25) is 13.9 Å². The Balaban J connectivity index is 1.99. The molecule has 0 aliphatic heterocycles. The third-order valence-electron chi connectivity index (χ3n) is 6.69. The minimum atomic E-state index is -4.09. The number of amides is 2. The zero-order valence-electron chi connectivity index (χ0n) is 23.9. The van der Waals surface area contributed by atoms with Crippen LogP contribution < -0.4 is 14.4 Å². The number of aryl methyl sites for hydroxylation is 2. The van der Waals surface area contributed by atoms with Crippen molar-refractivity contribution in [1.29, 1.82) is 0 Å². The van der Waals surface area contributed by atoms with Crippen LogP contribution in [0.5, 0.6) is 5.75 Å². The smallest absolute Gasteiger partial charge is 0.264 e. The summed E-state index contributed by atoms with van der Waals surface area (Å²) in [6.07, 6.45) is 1.74. The molecule has 40 heavy (non-hydrogen) atoms. The van der Waals surface area contributed by atoms with E-state index in [2.05, 4.69) is 5.32 Å². The van der Waals surface area contributed by atoms with Gasteiger partial charge in [-0.25, -0.2) is 8.42 Å². The number of sulfonamides is 1. The van der Waals surface area contributed by atoms with Gasteiger partial charge in [0.05, 0.1) is 17.7 Å². The van der Waals surface area contributed by atoms with E-state index in [1.165, 1.54) is 17.0 Å². The number of hydrogen-bond donors (Lipinski definition) is 1. The van der Waals surface area contributed by atoms with Gasteiger partial charge in [-0.2, -0.15) is 0 Å². The van der Waals surface area contributed by atoms with Gasteiger partial charge in [-0.1, -0.05) is 55.3 Å². The van der Waals surface area contributed by atoms with Crippen molar-refractivity contribution in [2.75, 3.05) is 24.5 Å². The lowest BCUT2D eigenvalue weighted by atomic mass is 10.1. The lowest BCUT2D eigenvalue weighted by molar-refractivity contribution is -0.139. The number of carbonyl (C=O) groups excluding carboxylic acids is 2. The molecule has 0 heterocycles. The Labute approximate surface area is 238 Å².